The average molecular weight is 1140 g/mol. The maximum atomic E-state index is 13.6. The Balaban J connectivity index is -0.00000397. The van der Waals surface area contributed by atoms with Crippen LogP contribution >= 0.6 is 49.6 Å². The molecule has 18 nitrogen and oxygen atoms in total. The summed E-state index contributed by atoms with van der Waals surface area (Å²) in [6.45, 7) is 6.52. The molecular formula is C52H108Cl4N10O8. The molecule has 0 aromatic carbocycles. The van der Waals surface area contributed by atoms with Crippen LogP contribution in [0.4, 0.5) is 0 Å². The first-order valence-electron chi connectivity index (χ1n) is 27.7. The lowest BCUT2D eigenvalue weighted by atomic mass is 10.1. The number of aliphatic hydroxyl groups excluding tert-OH is 2. The fraction of sp³-hybridized carbons (Fsp3) is 0.885. The van der Waals surface area contributed by atoms with Gasteiger partial charge in [-0.05, 0) is 77.3 Å². The molecule has 0 spiro atoms. The summed E-state index contributed by atoms with van der Waals surface area (Å²) in [7, 11) is 0. The number of carbonyl (C=O) groups excluding carboxylic acids is 6. The maximum absolute atomic E-state index is 13.6. The van der Waals surface area contributed by atoms with E-state index < -0.39 is 61.0 Å². The van der Waals surface area contributed by atoms with Crippen LogP contribution in [0.15, 0.2) is 0 Å². The van der Waals surface area contributed by atoms with Gasteiger partial charge in [0.2, 0.25) is 35.4 Å². The summed E-state index contributed by atoms with van der Waals surface area (Å²) >= 11 is 0. The van der Waals surface area contributed by atoms with E-state index in [4.69, 9.17) is 22.9 Å². The zero-order valence-electron chi connectivity index (χ0n) is 45.8. The second-order valence-corrected chi connectivity index (χ2v) is 19.2. The van der Waals surface area contributed by atoms with Gasteiger partial charge in [0.25, 0.3) is 0 Å². The quantitative estimate of drug-likeness (QED) is 0.0322. The van der Waals surface area contributed by atoms with Gasteiger partial charge in [0.15, 0.2) is 0 Å². The van der Waals surface area contributed by atoms with E-state index in [1.165, 1.54) is 77.0 Å². The number of nitrogens with two attached hydrogens (primary N) is 4. The third-order valence-electron chi connectivity index (χ3n) is 12.9. The summed E-state index contributed by atoms with van der Waals surface area (Å²) in [4.78, 5) is 81.9. The summed E-state index contributed by atoms with van der Waals surface area (Å²) in [6.07, 6.45) is 27.4. The van der Waals surface area contributed by atoms with Crippen molar-refractivity contribution in [3.63, 3.8) is 0 Å². The zero-order valence-corrected chi connectivity index (χ0v) is 49.0. The summed E-state index contributed by atoms with van der Waals surface area (Å²) in [5.41, 5.74) is 23.0. The highest BCUT2D eigenvalue weighted by atomic mass is 35.5. The minimum atomic E-state index is -1.15. The van der Waals surface area contributed by atoms with Crippen LogP contribution in [0.1, 0.15) is 206 Å². The third-order valence-corrected chi connectivity index (χ3v) is 12.9. The van der Waals surface area contributed by atoms with Crippen molar-refractivity contribution in [1.82, 2.24) is 31.1 Å². The Morgan fingerprint density at radius 1 is 0.405 bits per heavy atom. The Hall–Kier alpha value is -2.26. The molecule has 0 aliphatic rings. The van der Waals surface area contributed by atoms with Crippen molar-refractivity contribution in [3.8, 4) is 0 Å². The largest absolute Gasteiger partial charge is 0.394 e. The molecule has 22 heteroatoms. The lowest BCUT2D eigenvalue weighted by Gasteiger charge is -2.26. The van der Waals surface area contributed by atoms with Crippen molar-refractivity contribution in [3.05, 3.63) is 0 Å². The minimum Gasteiger partial charge on any atom is -0.394 e. The van der Waals surface area contributed by atoms with Gasteiger partial charge in [-0.25, -0.2) is 0 Å². The van der Waals surface area contributed by atoms with Crippen LogP contribution in [-0.4, -0.2) is 145 Å². The van der Waals surface area contributed by atoms with Crippen molar-refractivity contribution < 1.29 is 39.0 Å². The fourth-order valence-electron chi connectivity index (χ4n) is 8.25. The van der Waals surface area contributed by atoms with Crippen molar-refractivity contribution >= 4 is 85.1 Å². The number of amides is 6. The van der Waals surface area contributed by atoms with E-state index in [2.05, 4.69) is 35.1 Å². The van der Waals surface area contributed by atoms with Crippen LogP contribution in [0.25, 0.3) is 0 Å². The van der Waals surface area contributed by atoms with Crippen LogP contribution in [-0.2, 0) is 28.8 Å². The van der Waals surface area contributed by atoms with E-state index in [0.29, 0.717) is 103 Å². The lowest BCUT2D eigenvalue weighted by Crippen LogP contribution is -2.53. The molecule has 0 saturated heterocycles. The molecule has 0 aromatic heterocycles. The molecule has 0 heterocycles. The van der Waals surface area contributed by atoms with E-state index in [1.807, 2.05) is 9.80 Å². The number of rotatable bonds is 49. The number of hydrogen-bond donors (Lipinski definition) is 10. The van der Waals surface area contributed by atoms with Gasteiger partial charge in [0.05, 0.1) is 25.3 Å². The first-order valence-corrected chi connectivity index (χ1v) is 27.7. The summed E-state index contributed by atoms with van der Waals surface area (Å²) in [5.74, 6) is -1.98. The molecule has 0 saturated carbocycles. The summed E-state index contributed by atoms with van der Waals surface area (Å²) < 4.78 is 0. The van der Waals surface area contributed by atoms with Crippen LogP contribution in [0, 0.1) is 0 Å². The third kappa shape index (κ3) is 43.8. The van der Waals surface area contributed by atoms with E-state index in [-0.39, 0.29) is 74.5 Å². The van der Waals surface area contributed by atoms with E-state index in [0.717, 1.165) is 51.4 Å². The Morgan fingerprint density at radius 3 is 1.00 bits per heavy atom. The minimum absolute atomic E-state index is 0. The van der Waals surface area contributed by atoms with Crippen LogP contribution in [0.3, 0.4) is 0 Å². The van der Waals surface area contributed by atoms with Gasteiger partial charge in [-0.3, -0.25) is 28.8 Å². The van der Waals surface area contributed by atoms with Gasteiger partial charge < -0.3 is 64.2 Å². The van der Waals surface area contributed by atoms with E-state index in [9.17, 15) is 39.0 Å². The lowest BCUT2D eigenvalue weighted by molar-refractivity contribution is -0.133. The Kier molecular flexibility index (Phi) is 62.0. The van der Waals surface area contributed by atoms with Gasteiger partial charge in [0.1, 0.15) is 12.1 Å². The molecule has 4 atom stereocenters. The number of hydrogen-bond acceptors (Lipinski definition) is 12. The molecule has 0 aliphatic heterocycles. The van der Waals surface area contributed by atoms with Gasteiger partial charge >= 0.3 is 0 Å². The number of nitrogens with zero attached hydrogens (tertiary/aromatic N) is 2. The molecule has 0 aliphatic carbocycles. The molecular weight excluding hydrogens is 1030 g/mol. The topological polar surface area (TPSA) is 302 Å². The van der Waals surface area contributed by atoms with Gasteiger partial charge in [0, 0.05) is 52.1 Å². The predicted molar refractivity (Wildman–Crippen MR) is 310 cm³/mol. The van der Waals surface area contributed by atoms with Crippen molar-refractivity contribution in [1.29, 1.82) is 0 Å². The van der Waals surface area contributed by atoms with E-state index >= 15 is 0 Å². The SMILES string of the molecule is CCCCCCCCCCCC(=O)N(CCCCN(CCCNC(=O)[C@H](CO)NC(=O)[C@@H](N)CCCCN)C(=O)CCCCCCCCCCC)CCCNC(=O)[C@H](CO)NC(=O)[C@@H](N)CCCCN.Cl.Cl.Cl.Cl. The molecule has 0 bridgehead atoms. The monoisotopic (exact) mass is 1140 g/mol. The Labute approximate surface area is 472 Å². The van der Waals surface area contributed by atoms with Crippen molar-refractivity contribution in [2.24, 2.45) is 22.9 Å². The molecule has 442 valence electrons. The van der Waals surface area contributed by atoms with Gasteiger partial charge in [-0.2, -0.15) is 0 Å². The number of unbranched alkanes of at least 4 members (excludes halogenated alkanes) is 19. The second kappa shape index (κ2) is 56.9. The van der Waals surface area contributed by atoms with Gasteiger partial charge in [-0.15, -0.1) is 49.6 Å². The molecule has 0 unspecified atom stereocenters. The van der Waals surface area contributed by atoms with Crippen molar-refractivity contribution in [2.45, 2.75) is 231 Å². The van der Waals surface area contributed by atoms with Gasteiger partial charge in [-0.1, -0.05) is 129 Å². The first kappa shape index (κ1) is 80.6. The molecule has 0 radical (unpaired) electrons. The maximum Gasteiger partial charge on any atom is 0.244 e. The fourth-order valence-corrected chi connectivity index (χ4v) is 8.25. The number of carbonyl (C=O) groups is 6. The van der Waals surface area contributed by atoms with Crippen molar-refractivity contribution in [2.75, 3.05) is 65.6 Å². The van der Waals surface area contributed by atoms with Crippen LogP contribution < -0.4 is 44.2 Å². The average Bonchev–Trinajstić information content (AvgIpc) is 3.35. The first-order chi connectivity index (χ1) is 33.9. The molecule has 74 heavy (non-hydrogen) atoms. The summed E-state index contributed by atoms with van der Waals surface area (Å²) in [6, 6.07) is -3.92. The molecule has 0 fully saturated rings. The normalized spacial score (nSPS) is 12.3. The highest BCUT2D eigenvalue weighted by Gasteiger charge is 2.25. The molecule has 0 rings (SSSR count). The number of halogens is 4. The zero-order chi connectivity index (χ0) is 52.0. The number of nitrogens with one attached hydrogen (secondary N) is 4. The second-order valence-electron chi connectivity index (χ2n) is 19.2. The molecule has 6 amide bonds. The van der Waals surface area contributed by atoms with Crippen LogP contribution in [0.2, 0.25) is 0 Å². The predicted octanol–water partition coefficient (Wildman–Crippen LogP) is 5.83. The standard InChI is InChI=1S/C52H104N10O8.4ClH/c1-3-5-7-9-11-13-15-17-19-31-47(65)61(39-27-35-57-51(69)45(41-63)59-49(67)43(55)29-21-23-33-53)37-25-26-38-62(48(66)32-20-18-16-14-12-10-8-6-4-2)40-28-36-58-52(70)46(42-64)60-50(68)44(56)30-22-24-34-54;;;;/h43-46,63-64H,3-42,53-56H2,1-2H3,(H,57,69)(H,58,70)(H,59,67)(H,60,68);4*1H/t43-,44-,45-,46-;;;;/m0..../s1. The molecule has 0 aromatic rings. The smallest absolute Gasteiger partial charge is 0.244 e. The Morgan fingerprint density at radius 2 is 0.703 bits per heavy atom. The number of aliphatic hydroxyl groups is 2. The Bertz CT molecular complexity index is 1270. The van der Waals surface area contributed by atoms with Crippen LogP contribution in [0.5, 0.6) is 0 Å². The molecule has 14 N–H and O–H groups in total. The highest BCUT2D eigenvalue weighted by Crippen LogP contribution is 2.14. The highest BCUT2D eigenvalue weighted by molar-refractivity contribution is 5.90. The summed E-state index contributed by atoms with van der Waals surface area (Å²) in [5, 5.41) is 30.4. The van der Waals surface area contributed by atoms with E-state index in [1.54, 1.807) is 0 Å².